The first-order valence-electron chi connectivity index (χ1n) is 5.71. The van der Waals surface area contributed by atoms with Crippen molar-refractivity contribution in [2.45, 2.75) is 26.2 Å². The van der Waals surface area contributed by atoms with E-state index in [0.29, 0.717) is 0 Å². The lowest BCUT2D eigenvalue weighted by molar-refractivity contribution is -0.128. The summed E-state index contributed by atoms with van der Waals surface area (Å²) in [5, 5.41) is 0. The molecule has 1 heterocycles. The van der Waals surface area contributed by atoms with E-state index in [1.54, 1.807) is 4.90 Å². The van der Waals surface area contributed by atoms with Crippen LogP contribution in [-0.4, -0.2) is 17.9 Å². The van der Waals surface area contributed by atoms with Gasteiger partial charge in [-0.1, -0.05) is 25.1 Å². The first kappa shape index (κ1) is 10.9. The zero-order valence-corrected chi connectivity index (χ0v) is 10.0. The Balaban J connectivity index is 2.52. The fraction of sp³-hybridized carbons (Fsp3) is 0.357. The van der Waals surface area contributed by atoms with Gasteiger partial charge < -0.3 is 4.90 Å². The van der Waals surface area contributed by atoms with Crippen molar-refractivity contribution in [3.63, 3.8) is 0 Å². The van der Waals surface area contributed by atoms with E-state index in [2.05, 4.69) is 25.1 Å². The van der Waals surface area contributed by atoms with Crippen molar-refractivity contribution in [3.05, 3.63) is 41.1 Å². The normalized spacial score (nSPS) is 19.6. The molecule has 0 saturated carbocycles. The lowest BCUT2D eigenvalue weighted by Gasteiger charge is -2.16. The number of nitrogens with zero attached hydrogens (tertiary/aromatic N) is 1. The Kier molecular flexibility index (Phi) is 2.82. The summed E-state index contributed by atoms with van der Waals surface area (Å²) in [6.07, 6.45) is 4.90. The smallest absolute Gasteiger partial charge is 0.233 e. The summed E-state index contributed by atoms with van der Waals surface area (Å²) in [7, 11) is 1.81. The van der Waals surface area contributed by atoms with Gasteiger partial charge in [-0.05, 0) is 36.1 Å². The van der Waals surface area contributed by atoms with E-state index >= 15 is 0 Å². The van der Waals surface area contributed by atoms with Crippen LogP contribution >= 0.6 is 0 Å². The van der Waals surface area contributed by atoms with Crippen molar-refractivity contribution in [1.82, 2.24) is 4.90 Å². The molecule has 1 aliphatic rings. The van der Waals surface area contributed by atoms with Crippen LogP contribution in [0.1, 0.15) is 36.5 Å². The first-order chi connectivity index (χ1) is 7.63. The lowest BCUT2D eigenvalue weighted by atomic mass is 9.93. The highest BCUT2D eigenvalue weighted by Crippen LogP contribution is 2.27. The second kappa shape index (κ2) is 4.12. The molecule has 0 saturated heterocycles. The molecule has 1 atom stereocenters. The van der Waals surface area contributed by atoms with Crippen molar-refractivity contribution < 1.29 is 4.79 Å². The Hall–Kier alpha value is -1.57. The fourth-order valence-corrected chi connectivity index (χ4v) is 2.09. The number of hydrogen-bond acceptors (Lipinski definition) is 1. The van der Waals surface area contributed by atoms with Gasteiger partial charge in [-0.15, -0.1) is 0 Å². The summed E-state index contributed by atoms with van der Waals surface area (Å²) < 4.78 is 0. The molecule has 0 N–H and O–H groups in total. The third kappa shape index (κ3) is 1.75. The predicted octanol–water partition coefficient (Wildman–Crippen LogP) is 2.80. The van der Waals surface area contributed by atoms with Crippen LogP contribution in [0, 0.1) is 0 Å². The zero-order chi connectivity index (χ0) is 11.7. The molecule has 0 radical (unpaired) electrons. The third-order valence-corrected chi connectivity index (χ3v) is 3.22. The lowest BCUT2D eigenvalue weighted by Crippen LogP contribution is -2.24. The summed E-state index contributed by atoms with van der Waals surface area (Å²) in [5.74, 6) is 0.0974. The SMILES string of the molecule is CCc1ccc2c(c1)C=CN(C)C(=O)[C@@H]2C. The van der Waals surface area contributed by atoms with Crippen LogP contribution in [0.5, 0.6) is 0 Å². The summed E-state index contributed by atoms with van der Waals surface area (Å²) in [6.45, 7) is 4.11. The predicted molar refractivity (Wildman–Crippen MR) is 66.0 cm³/mol. The van der Waals surface area contributed by atoms with Gasteiger partial charge in [-0.2, -0.15) is 0 Å². The van der Waals surface area contributed by atoms with E-state index < -0.39 is 0 Å². The van der Waals surface area contributed by atoms with Gasteiger partial charge in [-0.3, -0.25) is 4.79 Å². The average molecular weight is 215 g/mol. The molecule has 0 aliphatic carbocycles. The Labute approximate surface area is 96.6 Å². The third-order valence-electron chi connectivity index (χ3n) is 3.22. The van der Waals surface area contributed by atoms with Gasteiger partial charge in [0.15, 0.2) is 0 Å². The molecule has 2 heteroatoms. The molecular weight excluding hydrogens is 198 g/mol. The highest BCUT2D eigenvalue weighted by atomic mass is 16.2. The number of carbonyl (C=O) groups is 1. The highest BCUT2D eigenvalue weighted by molar-refractivity contribution is 5.87. The van der Waals surface area contributed by atoms with Crippen LogP contribution in [0.25, 0.3) is 6.08 Å². The molecular formula is C14H17NO. The minimum atomic E-state index is -0.0547. The molecule has 0 bridgehead atoms. The van der Waals surface area contributed by atoms with Crippen molar-refractivity contribution in [2.24, 2.45) is 0 Å². The number of amides is 1. The van der Waals surface area contributed by atoms with Crippen LogP contribution in [0.4, 0.5) is 0 Å². The highest BCUT2D eigenvalue weighted by Gasteiger charge is 2.22. The molecule has 0 aromatic heterocycles. The fourth-order valence-electron chi connectivity index (χ4n) is 2.09. The number of rotatable bonds is 1. The summed E-state index contributed by atoms with van der Waals surface area (Å²) >= 11 is 0. The van der Waals surface area contributed by atoms with Crippen molar-refractivity contribution in [2.75, 3.05) is 7.05 Å². The Bertz CT molecular complexity index is 448. The van der Waals surface area contributed by atoms with Gasteiger partial charge in [0, 0.05) is 13.2 Å². The number of likely N-dealkylation sites (N-methyl/N-ethyl adjacent to an activating group) is 1. The molecule has 0 unspecified atom stereocenters. The second-order valence-corrected chi connectivity index (χ2v) is 4.30. The topological polar surface area (TPSA) is 20.3 Å². The van der Waals surface area contributed by atoms with Gasteiger partial charge in [0.2, 0.25) is 5.91 Å². The van der Waals surface area contributed by atoms with Gasteiger partial charge >= 0.3 is 0 Å². The van der Waals surface area contributed by atoms with Crippen LogP contribution in [-0.2, 0) is 11.2 Å². The van der Waals surface area contributed by atoms with Crippen molar-refractivity contribution in [3.8, 4) is 0 Å². The molecule has 16 heavy (non-hydrogen) atoms. The number of carbonyl (C=O) groups excluding carboxylic acids is 1. The van der Waals surface area contributed by atoms with Crippen molar-refractivity contribution in [1.29, 1.82) is 0 Å². The van der Waals surface area contributed by atoms with E-state index in [0.717, 1.165) is 12.0 Å². The Morgan fingerprint density at radius 1 is 1.38 bits per heavy atom. The molecule has 1 aromatic carbocycles. The number of benzene rings is 1. The second-order valence-electron chi connectivity index (χ2n) is 4.30. The molecule has 1 aromatic rings. The maximum atomic E-state index is 11.9. The van der Waals surface area contributed by atoms with Crippen LogP contribution in [0.2, 0.25) is 0 Å². The van der Waals surface area contributed by atoms with E-state index in [4.69, 9.17) is 0 Å². The zero-order valence-electron chi connectivity index (χ0n) is 10.0. The molecule has 2 rings (SSSR count). The van der Waals surface area contributed by atoms with Crippen LogP contribution in [0.3, 0.4) is 0 Å². The maximum Gasteiger partial charge on any atom is 0.233 e. The van der Waals surface area contributed by atoms with Gasteiger partial charge in [-0.25, -0.2) is 0 Å². The summed E-state index contributed by atoms with van der Waals surface area (Å²) in [5.41, 5.74) is 3.61. The molecule has 1 aliphatic heterocycles. The van der Waals surface area contributed by atoms with E-state index in [9.17, 15) is 4.79 Å². The van der Waals surface area contributed by atoms with E-state index in [1.165, 1.54) is 11.1 Å². The van der Waals surface area contributed by atoms with Crippen LogP contribution < -0.4 is 0 Å². The van der Waals surface area contributed by atoms with Crippen molar-refractivity contribution >= 4 is 12.0 Å². The monoisotopic (exact) mass is 215 g/mol. The Morgan fingerprint density at radius 3 is 2.81 bits per heavy atom. The number of aryl methyl sites for hydroxylation is 1. The van der Waals surface area contributed by atoms with Gasteiger partial charge in [0.1, 0.15) is 0 Å². The largest absolute Gasteiger partial charge is 0.322 e. The average Bonchev–Trinajstić information content (AvgIpc) is 2.42. The molecule has 0 spiro atoms. The number of fused-ring (bicyclic) bond motifs is 1. The van der Waals surface area contributed by atoms with E-state index in [1.807, 2.05) is 26.2 Å². The molecule has 2 nitrogen and oxygen atoms in total. The summed E-state index contributed by atoms with van der Waals surface area (Å²) in [4.78, 5) is 13.6. The van der Waals surface area contributed by atoms with Crippen LogP contribution in [0.15, 0.2) is 24.4 Å². The maximum absolute atomic E-state index is 11.9. The minimum Gasteiger partial charge on any atom is -0.322 e. The number of hydrogen-bond donors (Lipinski definition) is 0. The Morgan fingerprint density at radius 2 is 2.12 bits per heavy atom. The van der Waals surface area contributed by atoms with E-state index in [-0.39, 0.29) is 11.8 Å². The molecule has 84 valence electrons. The first-order valence-corrected chi connectivity index (χ1v) is 5.71. The minimum absolute atomic E-state index is 0.0547. The quantitative estimate of drug-likeness (QED) is 0.705. The van der Waals surface area contributed by atoms with Gasteiger partial charge in [0.25, 0.3) is 0 Å². The molecule has 0 fully saturated rings. The summed E-state index contributed by atoms with van der Waals surface area (Å²) in [6, 6.07) is 6.37. The molecule has 1 amide bonds. The van der Waals surface area contributed by atoms with Gasteiger partial charge in [0.05, 0.1) is 5.92 Å². The standard InChI is InChI=1S/C14H17NO/c1-4-11-5-6-13-10(2)14(16)15(3)8-7-12(13)9-11/h5-10H,4H2,1-3H3/t10-/m1/s1.